The van der Waals surface area contributed by atoms with E-state index < -0.39 is 15.9 Å². The second kappa shape index (κ2) is 12.2. The van der Waals surface area contributed by atoms with E-state index in [9.17, 15) is 13.2 Å². The molecule has 1 atom stereocenters. The molecular formula is C30H39ClN6O4S. The Morgan fingerprint density at radius 3 is 2.62 bits per heavy atom. The van der Waals surface area contributed by atoms with Crippen LogP contribution in [0.5, 0.6) is 5.88 Å². The first-order valence-electron chi connectivity index (χ1n) is 14.5. The summed E-state index contributed by atoms with van der Waals surface area (Å²) in [5.41, 5.74) is 0.766. The topological polar surface area (TPSA) is 128 Å². The van der Waals surface area contributed by atoms with Gasteiger partial charge in [-0.15, -0.1) is 5.10 Å². The van der Waals surface area contributed by atoms with Crippen molar-refractivity contribution in [2.75, 3.05) is 18.5 Å². The molecule has 1 unspecified atom stereocenters. The monoisotopic (exact) mass is 614 g/mol. The van der Waals surface area contributed by atoms with Crippen molar-refractivity contribution in [2.24, 2.45) is 16.7 Å². The normalized spacial score (nSPS) is 18.9. The number of carbonyl (C=O) groups is 1. The molecule has 12 heteroatoms. The first-order valence-corrected chi connectivity index (χ1v) is 16.4. The second-order valence-electron chi connectivity index (χ2n) is 12.7. The zero-order chi connectivity index (χ0) is 30.0. The van der Waals surface area contributed by atoms with Crippen LogP contribution in [0.1, 0.15) is 82.5 Å². The van der Waals surface area contributed by atoms with Gasteiger partial charge < -0.3 is 10.1 Å². The van der Waals surface area contributed by atoms with Gasteiger partial charge >= 0.3 is 0 Å². The van der Waals surface area contributed by atoms with Crippen LogP contribution in [-0.4, -0.2) is 47.2 Å². The Hall–Kier alpha value is -3.18. The molecular weight excluding hydrogens is 576 g/mol. The van der Waals surface area contributed by atoms with Gasteiger partial charge in [0.25, 0.3) is 15.9 Å². The van der Waals surface area contributed by atoms with E-state index >= 15 is 0 Å². The van der Waals surface area contributed by atoms with Crippen LogP contribution >= 0.6 is 11.6 Å². The highest BCUT2D eigenvalue weighted by atomic mass is 35.5. The highest BCUT2D eigenvalue weighted by Crippen LogP contribution is 2.48. The third-order valence-corrected chi connectivity index (χ3v) is 9.98. The number of aromatic nitrogens is 4. The fourth-order valence-electron chi connectivity index (χ4n) is 5.41. The number of hydrogen-bond acceptors (Lipinski definition) is 8. The van der Waals surface area contributed by atoms with E-state index in [0.717, 1.165) is 25.3 Å². The number of ether oxygens (including phenoxy) is 1. The molecule has 3 aromatic rings. The number of rotatable bonds is 13. The molecule has 3 heterocycles. The summed E-state index contributed by atoms with van der Waals surface area (Å²) in [5, 5.41) is 7.45. The van der Waals surface area contributed by atoms with Crippen LogP contribution in [-0.2, 0) is 10.0 Å². The molecule has 2 fully saturated rings. The molecule has 2 saturated carbocycles. The molecule has 0 bridgehead atoms. The summed E-state index contributed by atoms with van der Waals surface area (Å²) in [6, 6.07) is 7.67. The molecule has 0 spiro atoms. The fraction of sp³-hybridized carbons (Fsp3) is 0.533. The molecule has 2 aliphatic carbocycles. The van der Waals surface area contributed by atoms with E-state index in [1.807, 2.05) is 4.72 Å². The summed E-state index contributed by atoms with van der Waals surface area (Å²) in [4.78, 5) is 21.1. The number of carbonyl (C=O) groups excluding carboxylic acids is 1. The minimum atomic E-state index is -4.17. The maximum atomic E-state index is 12.9. The van der Waals surface area contributed by atoms with E-state index in [0.29, 0.717) is 35.0 Å². The summed E-state index contributed by atoms with van der Waals surface area (Å²) in [7, 11) is -4.17. The Labute approximate surface area is 252 Å². The lowest BCUT2D eigenvalue weighted by Crippen LogP contribution is -2.31. The molecule has 2 N–H and O–H groups in total. The van der Waals surface area contributed by atoms with E-state index in [4.69, 9.17) is 16.3 Å². The predicted molar refractivity (Wildman–Crippen MR) is 162 cm³/mol. The molecule has 1 amide bonds. The van der Waals surface area contributed by atoms with Gasteiger partial charge in [0.2, 0.25) is 5.88 Å². The van der Waals surface area contributed by atoms with Gasteiger partial charge in [-0.25, -0.2) is 27.8 Å². The minimum Gasteiger partial charge on any atom is -0.477 e. The summed E-state index contributed by atoms with van der Waals surface area (Å²) in [6.45, 7) is 8.26. The van der Waals surface area contributed by atoms with E-state index in [1.54, 1.807) is 18.3 Å². The van der Waals surface area contributed by atoms with Gasteiger partial charge in [0.15, 0.2) is 5.82 Å². The van der Waals surface area contributed by atoms with Crippen molar-refractivity contribution in [1.29, 1.82) is 0 Å². The number of anilines is 1. The molecule has 10 nitrogen and oxygen atoms in total. The molecule has 0 saturated heterocycles. The van der Waals surface area contributed by atoms with Crippen LogP contribution in [0.25, 0.3) is 5.82 Å². The highest BCUT2D eigenvalue weighted by Gasteiger charge is 2.36. The second-order valence-corrected chi connectivity index (χ2v) is 14.7. The van der Waals surface area contributed by atoms with Crippen LogP contribution in [0.15, 0.2) is 47.6 Å². The predicted octanol–water partition coefficient (Wildman–Crippen LogP) is 6.02. The third-order valence-electron chi connectivity index (χ3n) is 8.38. The van der Waals surface area contributed by atoms with Gasteiger partial charge in [0.1, 0.15) is 15.9 Å². The van der Waals surface area contributed by atoms with Crippen LogP contribution in [0, 0.1) is 16.7 Å². The standard InChI is InChI=1S/C30H39ClN6O4S/c1-29(2)12-10-21(19-29)5-4-16-32-24-8-6-22(20-33-24)42(39,40)36-28(38)23-7-9-25(34-27(23)31)37-17-11-26(35-37)41-18-15-30(3)13-14-30/h6-9,11,17,20-21H,4-5,10,12-16,18-19H2,1-3H3,(H,32,33)(H,36,38). The van der Waals surface area contributed by atoms with Gasteiger partial charge in [-0.3, -0.25) is 4.79 Å². The lowest BCUT2D eigenvalue weighted by molar-refractivity contribution is 0.0981. The zero-order valence-corrected chi connectivity index (χ0v) is 26.0. The summed E-state index contributed by atoms with van der Waals surface area (Å²) in [6.07, 6.45) is 12.4. The summed E-state index contributed by atoms with van der Waals surface area (Å²) >= 11 is 6.27. The maximum absolute atomic E-state index is 12.9. The fourth-order valence-corrected chi connectivity index (χ4v) is 6.56. The highest BCUT2D eigenvalue weighted by molar-refractivity contribution is 7.90. The van der Waals surface area contributed by atoms with Crippen molar-refractivity contribution in [2.45, 2.75) is 77.0 Å². The Kier molecular flexibility index (Phi) is 8.80. The molecule has 0 aromatic carbocycles. The van der Waals surface area contributed by atoms with Crippen molar-refractivity contribution in [3.8, 4) is 11.7 Å². The Bertz CT molecular complexity index is 1520. The number of amides is 1. The number of pyridine rings is 2. The van der Waals surface area contributed by atoms with Gasteiger partial charge in [0.05, 0.1) is 12.2 Å². The average Bonchev–Trinajstić information content (AvgIpc) is 3.31. The largest absolute Gasteiger partial charge is 0.477 e. The Balaban J connectivity index is 1.12. The summed E-state index contributed by atoms with van der Waals surface area (Å²) < 4.78 is 35.0. The molecule has 5 rings (SSSR count). The molecule has 0 radical (unpaired) electrons. The molecule has 226 valence electrons. The van der Waals surface area contributed by atoms with Crippen molar-refractivity contribution >= 4 is 33.3 Å². The van der Waals surface area contributed by atoms with E-state index in [-0.39, 0.29) is 15.6 Å². The third kappa shape index (κ3) is 7.80. The molecule has 2 aliphatic rings. The van der Waals surface area contributed by atoms with Gasteiger partial charge in [0, 0.05) is 25.0 Å². The van der Waals surface area contributed by atoms with E-state index in [2.05, 4.69) is 41.2 Å². The Morgan fingerprint density at radius 1 is 1.14 bits per heavy atom. The van der Waals surface area contributed by atoms with Crippen molar-refractivity contribution in [3.05, 3.63) is 53.4 Å². The number of hydrogen-bond donors (Lipinski definition) is 2. The summed E-state index contributed by atoms with van der Waals surface area (Å²) in [5.74, 6) is 1.29. The number of sulfonamides is 1. The van der Waals surface area contributed by atoms with Crippen LogP contribution in [0.3, 0.4) is 0 Å². The lowest BCUT2D eigenvalue weighted by atomic mass is 9.89. The van der Waals surface area contributed by atoms with Gasteiger partial charge in [-0.1, -0.05) is 32.4 Å². The smallest absolute Gasteiger partial charge is 0.268 e. The number of halogens is 1. The Morgan fingerprint density at radius 2 is 1.95 bits per heavy atom. The van der Waals surface area contributed by atoms with Gasteiger partial charge in [-0.05, 0) is 92.4 Å². The molecule has 0 aliphatic heterocycles. The maximum Gasteiger partial charge on any atom is 0.268 e. The first kappa shape index (κ1) is 30.3. The van der Waals surface area contributed by atoms with Crippen molar-refractivity contribution < 1.29 is 17.9 Å². The van der Waals surface area contributed by atoms with Gasteiger partial charge in [-0.2, -0.15) is 0 Å². The van der Waals surface area contributed by atoms with Crippen molar-refractivity contribution in [3.63, 3.8) is 0 Å². The quantitative estimate of drug-likeness (QED) is 0.177. The lowest BCUT2D eigenvalue weighted by Gasteiger charge is -2.17. The molecule has 42 heavy (non-hydrogen) atoms. The zero-order valence-electron chi connectivity index (χ0n) is 24.4. The van der Waals surface area contributed by atoms with Crippen LogP contribution in [0.2, 0.25) is 5.15 Å². The number of nitrogens with one attached hydrogen (secondary N) is 2. The average molecular weight is 615 g/mol. The first-order chi connectivity index (χ1) is 19.9. The SMILES string of the molecule is CC1(C)CCC(CCCNc2ccc(S(=O)(=O)NC(=O)c3ccc(-n4ccc(OCCC5(C)CC5)n4)nc3Cl)cn2)C1. The van der Waals surface area contributed by atoms with Crippen LogP contribution < -0.4 is 14.8 Å². The van der Waals surface area contributed by atoms with E-state index in [1.165, 1.54) is 67.6 Å². The molecule has 3 aromatic heterocycles. The minimum absolute atomic E-state index is 0.0813. The number of nitrogens with zero attached hydrogens (tertiary/aromatic N) is 4. The van der Waals surface area contributed by atoms with Crippen molar-refractivity contribution in [1.82, 2.24) is 24.5 Å². The van der Waals surface area contributed by atoms with Crippen LogP contribution in [0.4, 0.5) is 5.82 Å².